The highest BCUT2D eigenvalue weighted by molar-refractivity contribution is 5.77. The highest BCUT2D eigenvalue weighted by Crippen LogP contribution is 2.41. The second-order valence-electron chi connectivity index (χ2n) is 7.04. The van der Waals surface area contributed by atoms with Gasteiger partial charge >= 0.3 is 0 Å². The van der Waals surface area contributed by atoms with Crippen molar-refractivity contribution in [3.8, 4) is 5.75 Å². The lowest BCUT2D eigenvalue weighted by Gasteiger charge is -2.53. The van der Waals surface area contributed by atoms with Gasteiger partial charge in [0.25, 0.3) is 0 Å². The number of ketones is 2. The van der Waals surface area contributed by atoms with Gasteiger partial charge in [0.05, 0.1) is 18.9 Å². The maximum Gasteiger partial charge on any atom is 0.225 e. The van der Waals surface area contributed by atoms with Gasteiger partial charge < -0.3 is 9.64 Å². The maximum atomic E-state index is 11.2. The van der Waals surface area contributed by atoms with Crippen LogP contribution in [0.15, 0.2) is 12.4 Å². The number of hydrogen-bond donors (Lipinski definition) is 0. The van der Waals surface area contributed by atoms with Crippen LogP contribution in [0.1, 0.15) is 26.7 Å². The maximum absolute atomic E-state index is 11.2. The number of likely N-dealkylation sites (tertiary alicyclic amines) is 1. The van der Waals surface area contributed by atoms with Crippen LogP contribution >= 0.6 is 0 Å². The molecule has 2 aliphatic rings. The normalized spacial score (nSPS) is 19.8. The van der Waals surface area contributed by atoms with Gasteiger partial charge in [-0.1, -0.05) is 0 Å². The van der Waals surface area contributed by atoms with Gasteiger partial charge in [0.15, 0.2) is 11.5 Å². The third-order valence-corrected chi connectivity index (χ3v) is 4.75. The standard InChI is InChI=1S/C17H24N4O3/c1-13(22)9-20-5-3-17(4-6-20)11-21(12-17)16-18-7-15(8-19-16)24-10-14(2)23/h7-8H,3-6,9-12H2,1-2H3. The second-order valence-corrected chi connectivity index (χ2v) is 7.04. The van der Waals surface area contributed by atoms with Crippen LogP contribution in [0.5, 0.6) is 5.75 Å². The molecule has 1 aromatic heterocycles. The van der Waals surface area contributed by atoms with E-state index in [1.54, 1.807) is 19.3 Å². The minimum absolute atomic E-state index is 0.0279. The monoisotopic (exact) mass is 332 g/mol. The van der Waals surface area contributed by atoms with Crippen LogP contribution in [-0.2, 0) is 9.59 Å². The van der Waals surface area contributed by atoms with Crippen molar-refractivity contribution in [2.45, 2.75) is 26.7 Å². The molecule has 0 radical (unpaired) electrons. The van der Waals surface area contributed by atoms with Gasteiger partial charge in [0, 0.05) is 18.5 Å². The Morgan fingerprint density at radius 3 is 2.29 bits per heavy atom. The Morgan fingerprint density at radius 2 is 1.75 bits per heavy atom. The molecule has 2 aliphatic heterocycles. The summed E-state index contributed by atoms with van der Waals surface area (Å²) < 4.78 is 5.28. The first-order valence-electron chi connectivity index (χ1n) is 8.37. The first kappa shape index (κ1) is 16.8. The number of piperidine rings is 1. The highest BCUT2D eigenvalue weighted by Gasteiger charge is 2.45. The molecule has 2 saturated heterocycles. The Morgan fingerprint density at radius 1 is 1.12 bits per heavy atom. The van der Waals surface area contributed by atoms with E-state index < -0.39 is 0 Å². The molecule has 1 spiro atoms. The summed E-state index contributed by atoms with van der Waals surface area (Å²) in [4.78, 5) is 35.2. The third kappa shape index (κ3) is 3.90. The van der Waals surface area contributed by atoms with Gasteiger partial charge in [0.1, 0.15) is 12.4 Å². The van der Waals surface area contributed by atoms with E-state index in [0.29, 0.717) is 23.7 Å². The second kappa shape index (κ2) is 6.84. The van der Waals surface area contributed by atoms with E-state index in [4.69, 9.17) is 4.74 Å². The van der Waals surface area contributed by atoms with Gasteiger partial charge in [-0.05, 0) is 39.8 Å². The first-order valence-corrected chi connectivity index (χ1v) is 8.37. The lowest BCUT2D eigenvalue weighted by atomic mass is 9.72. The van der Waals surface area contributed by atoms with Gasteiger partial charge in [0.2, 0.25) is 5.95 Å². The zero-order valence-electron chi connectivity index (χ0n) is 14.3. The molecule has 0 aromatic carbocycles. The number of carbonyl (C=O) groups is 2. The lowest BCUT2D eigenvalue weighted by molar-refractivity contribution is -0.119. The fraction of sp³-hybridized carbons (Fsp3) is 0.647. The number of Topliss-reactive ketones (excluding diaryl/α,β-unsaturated/α-hetero) is 2. The SMILES string of the molecule is CC(=O)COc1cnc(N2CC3(CCN(CC(C)=O)CC3)C2)nc1. The first-order chi connectivity index (χ1) is 11.5. The number of aromatic nitrogens is 2. The molecule has 7 heteroatoms. The van der Waals surface area contributed by atoms with Crippen LogP contribution in [0, 0.1) is 5.41 Å². The van der Waals surface area contributed by atoms with Crippen LogP contribution in [0.4, 0.5) is 5.95 Å². The van der Waals surface area contributed by atoms with Crippen molar-refractivity contribution in [3.05, 3.63) is 12.4 Å². The number of rotatable bonds is 6. The van der Waals surface area contributed by atoms with E-state index in [-0.39, 0.29) is 18.2 Å². The van der Waals surface area contributed by atoms with Gasteiger partial charge in [-0.15, -0.1) is 0 Å². The zero-order valence-corrected chi connectivity index (χ0v) is 14.3. The Kier molecular flexibility index (Phi) is 4.80. The van der Waals surface area contributed by atoms with Crippen molar-refractivity contribution >= 4 is 17.5 Å². The smallest absolute Gasteiger partial charge is 0.225 e. The highest BCUT2D eigenvalue weighted by atomic mass is 16.5. The average Bonchev–Trinajstić information content (AvgIpc) is 2.52. The summed E-state index contributed by atoms with van der Waals surface area (Å²) in [5, 5.41) is 0. The molecule has 0 unspecified atom stereocenters. The Bertz CT molecular complexity index is 601. The molecule has 7 nitrogen and oxygen atoms in total. The van der Waals surface area contributed by atoms with E-state index in [1.807, 2.05) is 0 Å². The van der Waals surface area contributed by atoms with E-state index in [9.17, 15) is 9.59 Å². The summed E-state index contributed by atoms with van der Waals surface area (Å²) in [7, 11) is 0. The molecule has 0 saturated carbocycles. The van der Waals surface area contributed by atoms with Crippen molar-refractivity contribution in [3.63, 3.8) is 0 Å². The Balaban J connectivity index is 1.48. The number of ether oxygens (including phenoxy) is 1. The van der Waals surface area contributed by atoms with Crippen LogP contribution < -0.4 is 9.64 Å². The lowest BCUT2D eigenvalue weighted by Crippen LogP contribution is -2.61. The molecule has 24 heavy (non-hydrogen) atoms. The molecular weight excluding hydrogens is 308 g/mol. The molecular formula is C17H24N4O3. The number of nitrogens with zero attached hydrogens (tertiary/aromatic N) is 4. The van der Waals surface area contributed by atoms with Crippen molar-refractivity contribution in [1.82, 2.24) is 14.9 Å². The summed E-state index contributed by atoms with van der Waals surface area (Å²) in [6.45, 7) is 7.67. The van der Waals surface area contributed by atoms with Gasteiger partial charge in [-0.2, -0.15) is 0 Å². The van der Waals surface area contributed by atoms with Gasteiger partial charge in [-0.25, -0.2) is 9.97 Å². The molecule has 0 N–H and O–H groups in total. The Hall–Kier alpha value is -2.02. The molecule has 130 valence electrons. The van der Waals surface area contributed by atoms with Crippen molar-refractivity contribution in [2.75, 3.05) is 44.2 Å². The molecule has 0 atom stereocenters. The predicted octanol–water partition coefficient (Wildman–Crippen LogP) is 0.936. The largest absolute Gasteiger partial charge is 0.483 e. The van der Waals surface area contributed by atoms with E-state index in [2.05, 4.69) is 19.8 Å². The summed E-state index contributed by atoms with van der Waals surface area (Å²) in [5.74, 6) is 1.44. The van der Waals surface area contributed by atoms with E-state index in [0.717, 1.165) is 39.0 Å². The van der Waals surface area contributed by atoms with Gasteiger partial charge in [-0.3, -0.25) is 14.5 Å². The minimum atomic E-state index is -0.0279. The van der Waals surface area contributed by atoms with Crippen LogP contribution in [0.25, 0.3) is 0 Å². The van der Waals surface area contributed by atoms with Crippen molar-refractivity contribution in [2.24, 2.45) is 5.41 Å². The van der Waals surface area contributed by atoms with Crippen molar-refractivity contribution in [1.29, 1.82) is 0 Å². The molecule has 3 rings (SSSR count). The molecule has 3 heterocycles. The summed E-state index contributed by atoms with van der Waals surface area (Å²) in [6, 6.07) is 0. The van der Waals surface area contributed by atoms with Crippen LogP contribution in [0.3, 0.4) is 0 Å². The summed E-state index contributed by atoms with van der Waals surface area (Å²) >= 11 is 0. The molecule has 0 aliphatic carbocycles. The summed E-state index contributed by atoms with van der Waals surface area (Å²) in [5.41, 5.74) is 0.348. The average molecular weight is 332 g/mol. The molecule has 0 amide bonds. The van der Waals surface area contributed by atoms with Crippen LogP contribution in [0.2, 0.25) is 0 Å². The van der Waals surface area contributed by atoms with Crippen LogP contribution in [-0.4, -0.2) is 65.8 Å². The zero-order chi connectivity index (χ0) is 17.2. The number of anilines is 1. The Labute approximate surface area is 142 Å². The minimum Gasteiger partial charge on any atom is -0.483 e. The topological polar surface area (TPSA) is 75.6 Å². The molecule has 0 bridgehead atoms. The fourth-order valence-corrected chi connectivity index (χ4v) is 3.45. The molecule has 2 fully saturated rings. The van der Waals surface area contributed by atoms with E-state index in [1.165, 1.54) is 6.92 Å². The van der Waals surface area contributed by atoms with E-state index >= 15 is 0 Å². The quantitative estimate of drug-likeness (QED) is 0.767. The predicted molar refractivity (Wildman–Crippen MR) is 89.2 cm³/mol. The fourth-order valence-electron chi connectivity index (χ4n) is 3.45. The van der Waals surface area contributed by atoms with Crippen molar-refractivity contribution < 1.29 is 14.3 Å². The third-order valence-electron chi connectivity index (χ3n) is 4.75. The number of carbonyl (C=O) groups excluding carboxylic acids is 2. The number of hydrogen-bond acceptors (Lipinski definition) is 7. The molecule has 1 aromatic rings. The summed E-state index contributed by atoms with van der Waals surface area (Å²) in [6.07, 6.45) is 5.48.